The van der Waals surface area contributed by atoms with E-state index in [2.05, 4.69) is 0 Å². The van der Waals surface area contributed by atoms with Crippen molar-refractivity contribution in [2.24, 2.45) is 0 Å². The average molecular weight is 277 g/mol. The molecule has 2 aromatic carbocycles. The SMILES string of the molecule is Cc1cc(OCc2ccccc2C(=O)O)ccc1Cl. The third kappa shape index (κ3) is 3.26. The van der Waals surface area contributed by atoms with Gasteiger partial charge in [-0.3, -0.25) is 0 Å². The average Bonchev–Trinajstić information content (AvgIpc) is 2.40. The maximum Gasteiger partial charge on any atom is 0.336 e. The van der Waals surface area contributed by atoms with Crippen LogP contribution in [0.3, 0.4) is 0 Å². The van der Waals surface area contributed by atoms with Gasteiger partial charge in [-0.05, 0) is 36.8 Å². The largest absolute Gasteiger partial charge is 0.489 e. The van der Waals surface area contributed by atoms with Gasteiger partial charge < -0.3 is 9.84 Å². The summed E-state index contributed by atoms with van der Waals surface area (Å²) in [5, 5.41) is 9.75. The van der Waals surface area contributed by atoms with Gasteiger partial charge >= 0.3 is 5.97 Å². The molecule has 0 aromatic heterocycles. The summed E-state index contributed by atoms with van der Waals surface area (Å²) in [6.45, 7) is 2.10. The van der Waals surface area contributed by atoms with Crippen molar-refractivity contribution >= 4 is 17.6 Å². The van der Waals surface area contributed by atoms with E-state index in [0.717, 1.165) is 5.56 Å². The summed E-state index contributed by atoms with van der Waals surface area (Å²) < 4.78 is 5.60. The van der Waals surface area contributed by atoms with E-state index in [-0.39, 0.29) is 12.2 Å². The lowest BCUT2D eigenvalue weighted by molar-refractivity contribution is 0.0694. The van der Waals surface area contributed by atoms with Crippen molar-refractivity contribution in [1.82, 2.24) is 0 Å². The van der Waals surface area contributed by atoms with Crippen LogP contribution >= 0.6 is 11.6 Å². The normalized spacial score (nSPS) is 10.2. The number of carbonyl (C=O) groups is 1. The Balaban J connectivity index is 2.14. The molecule has 0 unspecified atom stereocenters. The number of aryl methyl sites for hydroxylation is 1. The second-order valence-electron chi connectivity index (χ2n) is 4.16. The lowest BCUT2D eigenvalue weighted by atomic mass is 10.1. The van der Waals surface area contributed by atoms with Gasteiger partial charge in [0.1, 0.15) is 12.4 Å². The summed E-state index contributed by atoms with van der Waals surface area (Å²) >= 11 is 5.93. The van der Waals surface area contributed by atoms with Gasteiger partial charge in [-0.15, -0.1) is 0 Å². The van der Waals surface area contributed by atoms with Gasteiger partial charge in [0, 0.05) is 10.6 Å². The molecule has 4 heteroatoms. The molecule has 3 nitrogen and oxygen atoms in total. The smallest absolute Gasteiger partial charge is 0.336 e. The van der Waals surface area contributed by atoms with Crippen molar-refractivity contribution in [3.05, 3.63) is 64.2 Å². The predicted octanol–water partition coefficient (Wildman–Crippen LogP) is 3.93. The highest BCUT2D eigenvalue weighted by Crippen LogP contribution is 2.22. The molecule has 0 aliphatic heterocycles. The summed E-state index contributed by atoms with van der Waals surface area (Å²) in [6, 6.07) is 12.1. The second-order valence-corrected chi connectivity index (χ2v) is 4.57. The molecule has 19 heavy (non-hydrogen) atoms. The molecule has 0 bridgehead atoms. The zero-order chi connectivity index (χ0) is 13.8. The van der Waals surface area contributed by atoms with Crippen molar-refractivity contribution in [1.29, 1.82) is 0 Å². The quantitative estimate of drug-likeness (QED) is 0.920. The van der Waals surface area contributed by atoms with Crippen LogP contribution in [0.2, 0.25) is 5.02 Å². The molecule has 2 rings (SSSR count). The number of halogens is 1. The van der Waals surface area contributed by atoms with Gasteiger partial charge in [0.15, 0.2) is 0 Å². The van der Waals surface area contributed by atoms with Gasteiger partial charge in [-0.25, -0.2) is 4.79 Å². The maximum absolute atomic E-state index is 11.1. The van der Waals surface area contributed by atoms with E-state index in [1.807, 2.05) is 13.0 Å². The van der Waals surface area contributed by atoms with Crippen LogP contribution in [0.4, 0.5) is 0 Å². The lowest BCUT2D eigenvalue weighted by Crippen LogP contribution is -2.05. The fourth-order valence-corrected chi connectivity index (χ4v) is 1.84. The van der Waals surface area contributed by atoms with Crippen LogP contribution in [0.1, 0.15) is 21.5 Å². The fraction of sp³-hybridized carbons (Fsp3) is 0.133. The molecule has 0 radical (unpaired) electrons. The number of aromatic carboxylic acids is 1. The molecule has 0 amide bonds. The number of ether oxygens (including phenoxy) is 1. The Morgan fingerprint density at radius 2 is 2.00 bits per heavy atom. The zero-order valence-electron chi connectivity index (χ0n) is 10.4. The van der Waals surface area contributed by atoms with Gasteiger partial charge in [-0.1, -0.05) is 29.8 Å². The first-order chi connectivity index (χ1) is 9.08. The lowest BCUT2D eigenvalue weighted by Gasteiger charge is -2.09. The molecule has 0 saturated heterocycles. The molecule has 98 valence electrons. The highest BCUT2D eigenvalue weighted by Gasteiger charge is 2.09. The zero-order valence-corrected chi connectivity index (χ0v) is 11.1. The van der Waals surface area contributed by atoms with E-state index < -0.39 is 5.97 Å². The van der Waals surface area contributed by atoms with E-state index >= 15 is 0 Å². The van der Waals surface area contributed by atoms with E-state index in [1.54, 1.807) is 36.4 Å². The van der Waals surface area contributed by atoms with Crippen molar-refractivity contribution < 1.29 is 14.6 Å². The summed E-state index contributed by atoms with van der Waals surface area (Å²) in [6.07, 6.45) is 0. The molecule has 0 atom stereocenters. The van der Waals surface area contributed by atoms with Crippen LogP contribution < -0.4 is 4.74 Å². The first-order valence-corrected chi connectivity index (χ1v) is 6.16. The molecule has 1 N–H and O–H groups in total. The highest BCUT2D eigenvalue weighted by atomic mass is 35.5. The molecule has 2 aromatic rings. The third-order valence-corrected chi connectivity index (χ3v) is 3.20. The minimum atomic E-state index is -0.952. The molecule has 0 saturated carbocycles. The Labute approximate surface area is 116 Å². The number of hydrogen-bond acceptors (Lipinski definition) is 2. The highest BCUT2D eigenvalue weighted by molar-refractivity contribution is 6.31. The van der Waals surface area contributed by atoms with Gasteiger partial charge in [0.2, 0.25) is 0 Å². The third-order valence-electron chi connectivity index (χ3n) is 2.77. The van der Waals surface area contributed by atoms with Crippen LogP contribution in [0.15, 0.2) is 42.5 Å². The summed E-state index contributed by atoms with van der Waals surface area (Å²) in [4.78, 5) is 11.1. The summed E-state index contributed by atoms with van der Waals surface area (Å²) in [5.74, 6) is -0.284. The minimum absolute atomic E-state index is 0.212. The maximum atomic E-state index is 11.1. The van der Waals surface area contributed by atoms with Crippen molar-refractivity contribution in [2.75, 3.05) is 0 Å². The molecule has 0 heterocycles. The minimum Gasteiger partial charge on any atom is -0.489 e. The number of carboxylic acid groups (broad SMARTS) is 1. The van der Waals surface area contributed by atoms with E-state index in [4.69, 9.17) is 21.4 Å². The predicted molar refractivity (Wildman–Crippen MR) is 73.9 cm³/mol. The van der Waals surface area contributed by atoms with Crippen molar-refractivity contribution in [3.8, 4) is 5.75 Å². The van der Waals surface area contributed by atoms with Gasteiger partial charge in [0.05, 0.1) is 5.56 Å². The van der Waals surface area contributed by atoms with Gasteiger partial charge in [0.25, 0.3) is 0 Å². The molecular weight excluding hydrogens is 264 g/mol. The number of hydrogen-bond donors (Lipinski definition) is 1. The van der Waals surface area contributed by atoms with Crippen LogP contribution in [0.25, 0.3) is 0 Å². The summed E-state index contributed by atoms with van der Waals surface area (Å²) in [5.41, 5.74) is 1.82. The molecule has 0 aliphatic rings. The van der Waals surface area contributed by atoms with Crippen molar-refractivity contribution in [2.45, 2.75) is 13.5 Å². The number of rotatable bonds is 4. The first kappa shape index (κ1) is 13.4. The van der Waals surface area contributed by atoms with Crippen LogP contribution in [0, 0.1) is 6.92 Å². The molecule has 0 spiro atoms. The van der Waals surface area contributed by atoms with Crippen molar-refractivity contribution in [3.63, 3.8) is 0 Å². The second kappa shape index (κ2) is 5.76. The molecule has 0 aliphatic carbocycles. The molecule has 0 fully saturated rings. The number of benzene rings is 2. The van der Waals surface area contributed by atoms with E-state index in [1.165, 1.54) is 0 Å². The Kier molecular flexibility index (Phi) is 4.07. The topological polar surface area (TPSA) is 46.5 Å². The van der Waals surface area contributed by atoms with Crippen LogP contribution in [-0.4, -0.2) is 11.1 Å². The van der Waals surface area contributed by atoms with Crippen LogP contribution in [-0.2, 0) is 6.61 Å². The molecular formula is C15H13ClO3. The standard InChI is InChI=1S/C15H13ClO3/c1-10-8-12(6-7-14(10)16)19-9-11-4-2-3-5-13(11)15(17)18/h2-8H,9H2,1H3,(H,17,18). The fourth-order valence-electron chi connectivity index (χ4n) is 1.72. The summed E-state index contributed by atoms with van der Waals surface area (Å²) in [7, 11) is 0. The van der Waals surface area contributed by atoms with Gasteiger partial charge in [-0.2, -0.15) is 0 Å². The Hall–Kier alpha value is -2.00. The first-order valence-electron chi connectivity index (χ1n) is 5.78. The Morgan fingerprint density at radius 3 is 2.68 bits per heavy atom. The Bertz CT molecular complexity index is 608. The number of carboxylic acids is 1. The van der Waals surface area contributed by atoms with E-state index in [0.29, 0.717) is 16.3 Å². The van der Waals surface area contributed by atoms with Crippen LogP contribution in [0.5, 0.6) is 5.75 Å². The monoisotopic (exact) mass is 276 g/mol. The Morgan fingerprint density at radius 1 is 1.26 bits per heavy atom. The van der Waals surface area contributed by atoms with E-state index in [9.17, 15) is 4.79 Å².